The van der Waals surface area contributed by atoms with Gasteiger partial charge in [-0.1, -0.05) is 6.07 Å². The van der Waals surface area contributed by atoms with Crippen molar-refractivity contribution in [1.82, 2.24) is 4.72 Å². The molecule has 98 valence electrons. The quantitative estimate of drug-likeness (QED) is 0.726. The lowest BCUT2D eigenvalue weighted by molar-refractivity contribution is 0.204. The molecule has 0 saturated carbocycles. The molecular weight excluding hydrogens is 254 g/mol. The first-order valence-corrected chi connectivity index (χ1v) is 7.00. The van der Waals surface area contributed by atoms with Gasteiger partial charge in [0.05, 0.1) is 18.3 Å². The summed E-state index contributed by atoms with van der Waals surface area (Å²) in [6, 6.07) is 5.11. The third-order valence-electron chi connectivity index (χ3n) is 2.42. The Hall–Kier alpha value is -1.60. The van der Waals surface area contributed by atoms with Crippen molar-refractivity contribution >= 4 is 21.7 Å². The van der Waals surface area contributed by atoms with Crippen molar-refractivity contribution in [1.29, 1.82) is 0 Å². The summed E-state index contributed by atoms with van der Waals surface area (Å²) in [6.07, 6.45) is -0.622. The van der Waals surface area contributed by atoms with Crippen LogP contribution in [0, 0.1) is 6.92 Å². The van der Waals surface area contributed by atoms with Gasteiger partial charge < -0.3 is 10.4 Å². The summed E-state index contributed by atoms with van der Waals surface area (Å²) in [7, 11) is -3.59. The molecule has 3 N–H and O–H groups in total. The Morgan fingerprint density at radius 3 is 2.83 bits per heavy atom. The fourth-order valence-electron chi connectivity index (χ4n) is 1.59. The predicted octanol–water partition coefficient (Wildman–Crippen LogP) is 0.436. The summed E-state index contributed by atoms with van der Waals surface area (Å²) >= 11 is 0. The van der Waals surface area contributed by atoms with Crippen molar-refractivity contribution in [3.05, 3.63) is 23.8 Å². The molecular formula is C11H15N3O3S. The van der Waals surface area contributed by atoms with E-state index in [2.05, 4.69) is 15.0 Å². The van der Waals surface area contributed by atoms with Crippen molar-refractivity contribution in [2.45, 2.75) is 24.8 Å². The van der Waals surface area contributed by atoms with E-state index in [0.29, 0.717) is 5.69 Å². The Kier molecular flexibility index (Phi) is 3.27. The lowest BCUT2D eigenvalue weighted by Gasteiger charge is -2.21. The van der Waals surface area contributed by atoms with Crippen LogP contribution in [0.1, 0.15) is 12.5 Å². The second-order valence-electron chi connectivity index (χ2n) is 4.27. The van der Waals surface area contributed by atoms with Gasteiger partial charge in [-0.05, 0) is 31.5 Å². The van der Waals surface area contributed by atoms with Gasteiger partial charge in [-0.3, -0.25) is 0 Å². The predicted molar refractivity (Wildman–Crippen MR) is 69.1 cm³/mol. The zero-order valence-electron chi connectivity index (χ0n) is 10.1. The number of sulfonamides is 1. The summed E-state index contributed by atoms with van der Waals surface area (Å²) in [6.45, 7) is 3.54. The van der Waals surface area contributed by atoms with E-state index in [1.54, 1.807) is 19.1 Å². The Morgan fingerprint density at radius 1 is 1.44 bits per heavy atom. The molecule has 6 nitrogen and oxygen atoms in total. The van der Waals surface area contributed by atoms with Crippen LogP contribution in [0.4, 0.5) is 5.69 Å². The summed E-state index contributed by atoms with van der Waals surface area (Å²) in [5.74, 6) is 0.132. The number of aliphatic hydroxyl groups excluding tert-OH is 1. The van der Waals surface area contributed by atoms with Crippen LogP contribution in [-0.4, -0.2) is 32.1 Å². The summed E-state index contributed by atoms with van der Waals surface area (Å²) in [5.41, 5.74) is 1.36. The van der Waals surface area contributed by atoms with Gasteiger partial charge in [0.15, 0.2) is 0 Å². The van der Waals surface area contributed by atoms with Crippen LogP contribution < -0.4 is 10.0 Å². The first-order valence-electron chi connectivity index (χ1n) is 5.51. The maximum absolute atomic E-state index is 12.0. The maximum Gasteiger partial charge on any atom is 0.266 e. The number of hydrogen-bond donors (Lipinski definition) is 3. The zero-order chi connectivity index (χ0) is 13.3. The summed E-state index contributed by atoms with van der Waals surface area (Å²) in [4.78, 5) is 4.17. The van der Waals surface area contributed by atoms with Gasteiger partial charge in [0.1, 0.15) is 4.90 Å². The average Bonchev–Trinajstić information content (AvgIpc) is 2.27. The van der Waals surface area contributed by atoms with Gasteiger partial charge in [-0.25, -0.2) is 18.1 Å². The molecule has 18 heavy (non-hydrogen) atoms. The first-order chi connectivity index (χ1) is 8.38. The van der Waals surface area contributed by atoms with Crippen molar-refractivity contribution in [2.24, 2.45) is 4.99 Å². The molecule has 0 amide bonds. The number of rotatable bonds is 2. The molecule has 1 atom stereocenters. The van der Waals surface area contributed by atoms with E-state index in [-0.39, 0.29) is 17.4 Å². The molecule has 0 fully saturated rings. The normalized spacial score (nSPS) is 20.7. The minimum atomic E-state index is -3.59. The van der Waals surface area contributed by atoms with Gasteiger partial charge in [0, 0.05) is 0 Å². The molecule has 1 aromatic rings. The second-order valence-corrected chi connectivity index (χ2v) is 5.92. The average molecular weight is 269 g/mol. The van der Waals surface area contributed by atoms with E-state index in [1.165, 1.54) is 0 Å². The highest BCUT2D eigenvalue weighted by Crippen LogP contribution is 2.25. The van der Waals surface area contributed by atoms with E-state index < -0.39 is 16.1 Å². The van der Waals surface area contributed by atoms with Crippen LogP contribution in [0.2, 0.25) is 0 Å². The Morgan fingerprint density at radius 2 is 2.17 bits per heavy atom. The third kappa shape index (κ3) is 2.62. The number of guanidine groups is 1. The van der Waals surface area contributed by atoms with Crippen LogP contribution >= 0.6 is 0 Å². The highest BCUT2D eigenvalue weighted by Gasteiger charge is 2.26. The van der Waals surface area contributed by atoms with Gasteiger partial charge in [0.25, 0.3) is 10.0 Å². The molecule has 1 aromatic carbocycles. The Bertz CT molecular complexity index is 594. The molecule has 1 aliphatic rings. The molecule has 0 spiro atoms. The lowest BCUT2D eigenvalue weighted by Crippen LogP contribution is -2.41. The SMILES string of the molecule is Cc1ccc2c(c1)S(=O)(=O)NC(=NCC(C)O)N2. The van der Waals surface area contributed by atoms with Gasteiger partial charge in [-0.2, -0.15) is 0 Å². The molecule has 1 aliphatic heterocycles. The molecule has 1 unspecified atom stereocenters. The number of nitrogens with one attached hydrogen (secondary N) is 2. The molecule has 0 aliphatic carbocycles. The lowest BCUT2D eigenvalue weighted by atomic mass is 10.2. The minimum absolute atomic E-state index is 0.131. The number of anilines is 1. The Balaban J connectivity index is 2.39. The number of nitrogens with zero attached hydrogens (tertiary/aromatic N) is 1. The second kappa shape index (κ2) is 4.58. The molecule has 2 rings (SSSR count). The molecule has 0 saturated heterocycles. The van der Waals surface area contributed by atoms with Crippen molar-refractivity contribution < 1.29 is 13.5 Å². The topological polar surface area (TPSA) is 90.8 Å². The number of fused-ring (bicyclic) bond motifs is 1. The number of aliphatic imine (C=N–C) groups is 1. The van der Waals surface area contributed by atoms with Crippen LogP contribution in [0.5, 0.6) is 0 Å². The van der Waals surface area contributed by atoms with E-state index in [1.807, 2.05) is 13.0 Å². The zero-order valence-corrected chi connectivity index (χ0v) is 11.0. The molecule has 7 heteroatoms. The smallest absolute Gasteiger partial charge is 0.266 e. The third-order valence-corrected chi connectivity index (χ3v) is 3.80. The van der Waals surface area contributed by atoms with Crippen molar-refractivity contribution in [3.8, 4) is 0 Å². The molecule has 0 aromatic heterocycles. The van der Waals surface area contributed by atoms with Crippen LogP contribution in [0.3, 0.4) is 0 Å². The van der Waals surface area contributed by atoms with Gasteiger partial charge in [-0.15, -0.1) is 0 Å². The van der Waals surface area contributed by atoms with E-state index in [0.717, 1.165) is 5.56 Å². The fourth-order valence-corrected chi connectivity index (χ4v) is 2.82. The summed E-state index contributed by atoms with van der Waals surface area (Å²) < 4.78 is 26.3. The van der Waals surface area contributed by atoms with E-state index in [4.69, 9.17) is 5.11 Å². The first kappa shape index (κ1) is 12.8. The van der Waals surface area contributed by atoms with Crippen LogP contribution in [-0.2, 0) is 10.0 Å². The molecule has 0 radical (unpaired) electrons. The number of hydrogen-bond acceptors (Lipinski definition) is 4. The maximum atomic E-state index is 12.0. The van der Waals surface area contributed by atoms with Crippen LogP contribution in [0.15, 0.2) is 28.1 Å². The van der Waals surface area contributed by atoms with Crippen LogP contribution in [0.25, 0.3) is 0 Å². The van der Waals surface area contributed by atoms with Gasteiger partial charge >= 0.3 is 0 Å². The Labute approximate surface area is 106 Å². The highest BCUT2D eigenvalue weighted by atomic mass is 32.2. The largest absolute Gasteiger partial charge is 0.391 e. The standard InChI is InChI=1S/C11H15N3O3S/c1-7-3-4-9-10(5-7)18(16,17)14-11(13-9)12-6-8(2)15/h3-5,8,15H,6H2,1-2H3,(H2,12,13,14). The highest BCUT2D eigenvalue weighted by molar-refractivity contribution is 7.90. The number of aryl methyl sites for hydroxylation is 1. The fraction of sp³-hybridized carbons (Fsp3) is 0.364. The monoisotopic (exact) mass is 269 g/mol. The minimum Gasteiger partial charge on any atom is -0.391 e. The molecule has 0 bridgehead atoms. The molecule has 1 heterocycles. The van der Waals surface area contributed by atoms with E-state index >= 15 is 0 Å². The van der Waals surface area contributed by atoms with Crippen molar-refractivity contribution in [2.75, 3.05) is 11.9 Å². The summed E-state index contributed by atoms with van der Waals surface area (Å²) in [5, 5.41) is 12.0. The van der Waals surface area contributed by atoms with E-state index in [9.17, 15) is 8.42 Å². The number of aliphatic hydroxyl groups is 1. The van der Waals surface area contributed by atoms with Crippen molar-refractivity contribution in [3.63, 3.8) is 0 Å². The number of benzene rings is 1. The van der Waals surface area contributed by atoms with Gasteiger partial charge in [0.2, 0.25) is 5.96 Å².